The Morgan fingerprint density at radius 2 is 1.70 bits per heavy atom. The molecule has 0 aliphatic carbocycles. The van der Waals surface area contributed by atoms with Crippen molar-refractivity contribution in [1.29, 1.82) is 0 Å². The van der Waals surface area contributed by atoms with Crippen LogP contribution in [-0.4, -0.2) is 51.2 Å². The van der Waals surface area contributed by atoms with Crippen LogP contribution < -0.4 is 4.90 Å². The minimum absolute atomic E-state index is 0.0184. The number of fused-ring (bicyclic) bond motifs is 2. The lowest BCUT2D eigenvalue weighted by Crippen LogP contribution is -2.35. The van der Waals surface area contributed by atoms with Crippen LogP contribution >= 0.6 is 0 Å². The van der Waals surface area contributed by atoms with Crippen LogP contribution in [0.4, 0.5) is 5.69 Å². The first-order valence-electron chi connectivity index (χ1n) is 13.5. The van der Waals surface area contributed by atoms with E-state index >= 15 is 0 Å². The van der Waals surface area contributed by atoms with Crippen LogP contribution in [0.2, 0.25) is 0 Å². The second kappa shape index (κ2) is 9.52. The van der Waals surface area contributed by atoms with Gasteiger partial charge < -0.3 is 29.7 Å². The fraction of sp³-hybridized carbons (Fsp3) is 0.567. The van der Waals surface area contributed by atoms with E-state index in [9.17, 15) is 20.1 Å². The minimum atomic E-state index is -0.229. The highest BCUT2D eigenvalue weighted by molar-refractivity contribution is 6.08. The van der Waals surface area contributed by atoms with E-state index in [1.54, 1.807) is 29.2 Å². The van der Waals surface area contributed by atoms with E-state index in [2.05, 4.69) is 27.7 Å². The number of aromatic hydroxyl groups is 3. The minimum Gasteiger partial charge on any atom is -0.508 e. The average Bonchev–Trinajstić information content (AvgIpc) is 3.68. The van der Waals surface area contributed by atoms with Crippen LogP contribution in [0.1, 0.15) is 81.3 Å². The molecule has 0 saturated carbocycles. The van der Waals surface area contributed by atoms with Crippen molar-refractivity contribution in [3.05, 3.63) is 47.0 Å². The predicted octanol–water partition coefficient (Wildman–Crippen LogP) is 5.47. The summed E-state index contributed by atoms with van der Waals surface area (Å²) in [7, 11) is 0. The number of rotatable bonds is 9. The zero-order valence-electron chi connectivity index (χ0n) is 22.3. The highest BCUT2D eigenvalue weighted by atomic mass is 16.6. The lowest BCUT2D eigenvalue weighted by molar-refractivity contribution is 0.0983. The maximum absolute atomic E-state index is 13.7. The molecular formula is C30H39NO6. The molecule has 3 aliphatic rings. The second-order valence-electron chi connectivity index (χ2n) is 11.9. The van der Waals surface area contributed by atoms with Gasteiger partial charge in [-0.3, -0.25) is 4.79 Å². The molecule has 2 fully saturated rings. The number of phenolic OH excluding ortho intramolecular Hbond substituents is 3. The van der Waals surface area contributed by atoms with Gasteiger partial charge in [0.15, 0.2) is 0 Å². The van der Waals surface area contributed by atoms with Gasteiger partial charge in [0.25, 0.3) is 5.91 Å². The standard InChI is InChI=1S/C30H39NO6/c1-18(8-11-27-30(4,37-27)14-12-26-29(2,3)36-26)13-15-31-23-16-19(32)17-25(34)22(23)10-9-20-21(28(31)35)6-5-7-24(20)33/h5-7,16-18,26-27,32-34H,8-15H2,1-4H3. The van der Waals surface area contributed by atoms with Crippen molar-refractivity contribution in [2.75, 3.05) is 11.4 Å². The van der Waals surface area contributed by atoms with Crippen LogP contribution in [0.5, 0.6) is 17.2 Å². The molecule has 1 amide bonds. The van der Waals surface area contributed by atoms with Crippen LogP contribution in [0.15, 0.2) is 30.3 Å². The molecule has 37 heavy (non-hydrogen) atoms. The van der Waals surface area contributed by atoms with Crippen molar-refractivity contribution in [3.8, 4) is 17.2 Å². The smallest absolute Gasteiger partial charge is 0.258 e. The van der Waals surface area contributed by atoms with Gasteiger partial charge in [-0.25, -0.2) is 0 Å². The lowest BCUT2D eigenvalue weighted by Gasteiger charge is -2.30. The quantitative estimate of drug-likeness (QED) is 0.387. The molecule has 3 heterocycles. The number of benzene rings is 2. The number of ether oxygens (including phenoxy) is 2. The van der Waals surface area contributed by atoms with E-state index in [4.69, 9.17) is 9.47 Å². The molecule has 2 aromatic rings. The topological polar surface area (TPSA) is 106 Å². The molecule has 4 unspecified atom stereocenters. The van der Waals surface area contributed by atoms with Gasteiger partial charge in [-0.15, -0.1) is 0 Å². The fourth-order valence-corrected chi connectivity index (χ4v) is 5.85. The highest BCUT2D eigenvalue weighted by Crippen LogP contribution is 2.47. The number of carbonyl (C=O) groups is 1. The SMILES string of the molecule is CC(CCC1OC1(C)CCC1OC1(C)C)CCN1C(=O)c2cccc(O)c2CCc2c(O)cc(O)cc21. The Balaban J connectivity index is 1.23. The first-order chi connectivity index (χ1) is 17.5. The van der Waals surface area contributed by atoms with Gasteiger partial charge in [-0.05, 0) is 83.8 Å². The lowest BCUT2D eigenvalue weighted by atomic mass is 9.91. The van der Waals surface area contributed by atoms with Crippen molar-refractivity contribution in [1.82, 2.24) is 0 Å². The summed E-state index contributed by atoms with van der Waals surface area (Å²) < 4.78 is 11.8. The Morgan fingerprint density at radius 1 is 0.973 bits per heavy atom. The van der Waals surface area contributed by atoms with Crippen molar-refractivity contribution in [3.63, 3.8) is 0 Å². The van der Waals surface area contributed by atoms with Crippen molar-refractivity contribution < 1.29 is 29.6 Å². The van der Waals surface area contributed by atoms with Gasteiger partial charge in [0, 0.05) is 35.4 Å². The summed E-state index contributed by atoms with van der Waals surface area (Å²) >= 11 is 0. The summed E-state index contributed by atoms with van der Waals surface area (Å²) in [4.78, 5) is 15.4. The van der Waals surface area contributed by atoms with Crippen LogP contribution in [0.25, 0.3) is 0 Å². The summed E-state index contributed by atoms with van der Waals surface area (Å²) in [5.41, 5.74) is 2.16. The average molecular weight is 510 g/mol. The van der Waals surface area contributed by atoms with Crippen LogP contribution in [0, 0.1) is 5.92 Å². The van der Waals surface area contributed by atoms with E-state index in [-0.39, 0.29) is 40.5 Å². The number of nitrogens with zero attached hydrogens (tertiary/aromatic N) is 1. The van der Waals surface area contributed by atoms with E-state index in [0.29, 0.717) is 53.8 Å². The maximum atomic E-state index is 13.7. The monoisotopic (exact) mass is 509 g/mol. The molecule has 2 aromatic carbocycles. The summed E-state index contributed by atoms with van der Waals surface area (Å²) in [5.74, 6) is 0.0989. The predicted molar refractivity (Wildman–Crippen MR) is 141 cm³/mol. The number of hydrogen-bond donors (Lipinski definition) is 3. The van der Waals surface area contributed by atoms with Crippen molar-refractivity contribution >= 4 is 11.6 Å². The Labute approximate surface area is 219 Å². The normalized spacial score (nSPS) is 26.6. The van der Waals surface area contributed by atoms with Gasteiger partial charge in [0.1, 0.15) is 17.2 Å². The Hall–Kier alpha value is -2.77. The Kier molecular flexibility index (Phi) is 6.65. The molecule has 2 saturated heterocycles. The number of phenols is 3. The summed E-state index contributed by atoms with van der Waals surface area (Å²) in [6.45, 7) is 9.09. The first-order valence-corrected chi connectivity index (χ1v) is 13.5. The summed E-state index contributed by atoms with van der Waals surface area (Å²) in [6.07, 6.45) is 6.27. The van der Waals surface area contributed by atoms with Crippen molar-refractivity contribution in [2.24, 2.45) is 5.92 Å². The Morgan fingerprint density at radius 3 is 2.43 bits per heavy atom. The summed E-state index contributed by atoms with van der Waals surface area (Å²) in [6, 6.07) is 7.86. The molecule has 0 bridgehead atoms. The van der Waals surface area contributed by atoms with Gasteiger partial charge >= 0.3 is 0 Å². The molecule has 7 heteroatoms. The molecule has 4 atom stereocenters. The molecule has 0 aromatic heterocycles. The first kappa shape index (κ1) is 25.9. The fourth-order valence-electron chi connectivity index (χ4n) is 5.85. The number of epoxide rings is 2. The molecule has 0 spiro atoms. The summed E-state index contributed by atoms with van der Waals surface area (Å²) in [5, 5.41) is 31.2. The van der Waals surface area contributed by atoms with Gasteiger partial charge in [-0.1, -0.05) is 13.0 Å². The third-order valence-electron chi connectivity index (χ3n) is 8.60. The van der Waals surface area contributed by atoms with E-state index in [0.717, 1.165) is 32.1 Å². The van der Waals surface area contributed by atoms with Crippen LogP contribution in [0.3, 0.4) is 0 Å². The van der Waals surface area contributed by atoms with E-state index in [1.807, 2.05) is 0 Å². The van der Waals surface area contributed by atoms with Gasteiger partial charge in [0.05, 0.1) is 29.1 Å². The largest absolute Gasteiger partial charge is 0.508 e. The molecule has 200 valence electrons. The number of amides is 1. The Bertz CT molecular complexity index is 1190. The molecule has 0 radical (unpaired) electrons. The van der Waals surface area contributed by atoms with E-state index in [1.165, 1.54) is 6.07 Å². The second-order valence-corrected chi connectivity index (χ2v) is 11.9. The number of anilines is 1. The zero-order valence-corrected chi connectivity index (χ0v) is 22.3. The van der Waals surface area contributed by atoms with E-state index < -0.39 is 0 Å². The molecular weight excluding hydrogens is 470 g/mol. The molecule has 3 N–H and O–H groups in total. The maximum Gasteiger partial charge on any atom is 0.258 e. The van der Waals surface area contributed by atoms with Crippen molar-refractivity contribution in [2.45, 2.75) is 96.1 Å². The highest BCUT2D eigenvalue weighted by Gasteiger charge is 2.54. The van der Waals surface area contributed by atoms with Gasteiger partial charge in [0.2, 0.25) is 0 Å². The third kappa shape index (κ3) is 5.30. The van der Waals surface area contributed by atoms with Crippen LogP contribution in [-0.2, 0) is 22.3 Å². The molecule has 7 nitrogen and oxygen atoms in total. The van der Waals surface area contributed by atoms with Gasteiger partial charge in [-0.2, -0.15) is 0 Å². The number of carbonyl (C=O) groups excluding carboxylic acids is 1. The zero-order chi connectivity index (χ0) is 26.5. The third-order valence-corrected chi connectivity index (χ3v) is 8.60. The molecule has 5 rings (SSSR count). The number of hydrogen-bond acceptors (Lipinski definition) is 6. The molecule has 3 aliphatic heterocycles.